The number of likely N-dealkylation sites (tertiary alicyclic amines) is 1. The molecule has 0 unspecified atom stereocenters. The molecule has 0 atom stereocenters. The second-order valence-electron chi connectivity index (χ2n) is 4.52. The first kappa shape index (κ1) is 12.6. The van der Waals surface area contributed by atoms with E-state index in [-0.39, 0.29) is 6.10 Å². The zero-order valence-corrected chi connectivity index (χ0v) is 11.1. The summed E-state index contributed by atoms with van der Waals surface area (Å²) < 4.78 is 5.79. The summed E-state index contributed by atoms with van der Waals surface area (Å²) in [7, 11) is 2.13. The SMILES string of the molecule is Cc1nc(OC2CCN(C)CC2)ncc1CCl. The minimum atomic E-state index is 0.243. The van der Waals surface area contributed by atoms with Crippen LogP contribution in [-0.2, 0) is 5.88 Å². The molecule has 1 saturated heterocycles. The van der Waals surface area contributed by atoms with Gasteiger partial charge in [0, 0.05) is 30.5 Å². The first-order chi connectivity index (χ1) is 8.19. The molecular formula is C12H18ClN3O. The van der Waals surface area contributed by atoms with Crippen LogP contribution in [0.25, 0.3) is 0 Å². The Hall–Kier alpha value is -0.870. The molecule has 0 spiro atoms. The molecule has 2 heterocycles. The molecule has 1 aliphatic heterocycles. The number of aromatic nitrogens is 2. The Bertz CT molecular complexity index is 378. The second-order valence-corrected chi connectivity index (χ2v) is 4.78. The van der Waals surface area contributed by atoms with Gasteiger partial charge >= 0.3 is 6.01 Å². The third-order valence-corrected chi connectivity index (χ3v) is 3.43. The van der Waals surface area contributed by atoms with E-state index in [1.807, 2.05) is 6.92 Å². The van der Waals surface area contributed by atoms with Crippen LogP contribution in [0, 0.1) is 6.92 Å². The predicted molar refractivity (Wildman–Crippen MR) is 67.5 cm³/mol. The average Bonchev–Trinajstić information content (AvgIpc) is 2.32. The van der Waals surface area contributed by atoms with Gasteiger partial charge in [-0.05, 0) is 26.8 Å². The maximum absolute atomic E-state index is 5.79. The van der Waals surface area contributed by atoms with Gasteiger partial charge in [0.15, 0.2) is 0 Å². The maximum atomic E-state index is 5.79. The van der Waals surface area contributed by atoms with Crippen LogP contribution in [-0.4, -0.2) is 41.1 Å². The zero-order valence-electron chi connectivity index (χ0n) is 10.3. The van der Waals surface area contributed by atoms with Crippen LogP contribution in [0.1, 0.15) is 24.1 Å². The third kappa shape index (κ3) is 3.30. The van der Waals surface area contributed by atoms with Gasteiger partial charge in [-0.3, -0.25) is 0 Å². The lowest BCUT2D eigenvalue weighted by Gasteiger charge is -2.28. The minimum absolute atomic E-state index is 0.243. The van der Waals surface area contributed by atoms with Crippen molar-refractivity contribution >= 4 is 11.6 Å². The number of nitrogens with zero attached hydrogens (tertiary/aromatic N) is 3. The van der Waals surface area contributed by atoms with Gasteiger partial charge in [0.05, 0.1) is 5.88 Å². The van der Waals surface area contributed by atoms with Crippen LogP contribution in [0.4, 0.5) is 0 Å². The van der Waals surface area contributed by atoms with E-state index in [1.165, 1.54) is 0 Å². The first-order valence-electron chi connectivity index (χ1n) is 5.92. The highest BCUT2D eigenvalue weighted by Gasteiger charge is 2.19. The van der Waals surface area contributed by atoms with Crippen molar-refractivity contribution < 1.29 is 4.74 Å². The Morgan fingerprint density at radius 2 is 2.18 bits per heavy atom. The standard InChI is InChI=1S/C12H18ClN3O/c1-9-10(7-13)8-14-12(15-9)17-11-3-5-16(2)6-4-11/h8,11H,3-7H2,1-2H3. The lowest BCUT2D eigenvalue weighted by molar-refractivity contribution is 0.105. The Morgan fingerprint density at radius 3 is 2.76 bits per heavy atom. The number of aryl methyl sites for hydroxylation is 1. The van der Waals surface area contributed by atoms with Gasteiger partial charge in [-0.1, -0.05) is 0 Å². The van der Waals surface area contributed by atoms with Crippen molar-refractivity contribution in [1.29, 1.82) is 0 Å². The summed E-state index contributed by atoms with van der Waals surface area (Å²) in [6.07, 6.45) is 4.07. The van der Waals surface area contributed by atoms with Gasteiger partial charge < -0.3 is 9.64 Å². The first-order valence-corrected chi connectivity index (χ1v) is 6.46. The Labute approximate surface area is 107 Å². The van der Waals surface area contributed by atoms with Gasteiger partial charge in [0.1, 0.15) is 6.10 Å². The highest BCUT2D eigenvalue weighted by Crippen LogP contribution is 2.16. The number of ether oxygens (including phenoxy) is 1. The minimum Gasteiger partial charge on any atom is -0.460 e. The van der Waals surface area contributed by atoms with E-state index in [0.717, 1.165) is 37.2 Å². The number of rotatable bonds is 3. The molecule has 0 amide bonds. The topological polar surface area (TPSA) is 38.2 Å². The smallest absolute Gasteiger partial charge is 0.316 e. The van der Waals surface area contributed by atoms with E-state index in [9.17, 15) is 0 Å². The summed E-state index contributed by atoms with van der Waals surface area (Å²) in [6.45, 7) is 4.08. The summed E-state index contributed by atoms with van der Waals surface area (Å²) in [5.74, 6) is 0.445. The van der Waals surface area contributed by atoms with E-state index in [1.54, 1.807) is 6.20 Å². The zero-order chi connectivity index (χ0) is 12.3. The maximum Gasteiger partial charge on any atom is 0.316 e. The average molecular weight is 256 g/mol. The van der Waals surface area contributed by atoms with Gasteiger partial charge in [-0.2, -0.15) is 0 Å². The van der Waals surface area contributed by atoms with Crippen molar-refractivity contribution in [3.63, 3.8) is 0 Å². The van der Waals surface area contributed by atoms with Gasteiger partial charge in [0.2, 0.25) is 0 Å². The summed E-state index contributed by atoms with van der Waals surface area (Å²) in [5, 5.41) is 0. The molecule has 0 radical (unpaired) electrons. The van der Waals surface area contributed by atoms with Crippen molar-refractivity contribution in [2.45, 2.75) is 31.7 Å². The quantitative estimate of drug-likeness (QED) is 0.775. The molecule has 94 valence electrons. The van der Waals surface area contributed by atoms with Gasteiger partial charge in [-0.25, -0.2) is 9.97 Å². The molecule has 1 aromatic rings. The van der Waals surface area contributed by atoms with Crippen LogP contribution in [0.2, 0.25) is 0 Å². The number of piperidine rings is 1. The highest BCUT2D eigenvalue weighted by atomic mass is 35.5. The summed E-state index contributed by atoms with van der Waals surface area (Å²) >= 11 is 5.77. The van der Waals surface area contributed by atoms with Crippen LogP contribution < -0.4 is 4.74 Å². The molecule has 1 fully saturated rings. The predicted octanol–water partition coefficient (Wildman–Crippen LogP) is 2.00. The second kappa shape index (κ2) is 5.65. The van der Waals surface area contributed by atoms with Crippen molar-refractivity contribution in [3.05, 3.63) is 17.5 Å². The van der Waals surface area contributed by atoms with Crippen molar-refractivity contribution in [2.24, 2.45) is 0 Å². The molecule has 1 aromatic heterocycles. The Morgan fingerprint density at radius 1 is 1.47 bits per heavy atom. The largest absolute Gasteiger partial charge is 0.460 e. The molecule has 0 saturated carbocycles. The molecule has 0 bridgehead atoms. The van der Waals surface area contributed by atoms with Gasteiger partial charge in [-0.15, -0.1) is 11.6 Å². The van der Waals surface area contributed by atoms with Crippen LogP contribution >= 0.6 is 11.6 Å². The van der Waals surface area contributed by atoms with Crippen molar-refractivity contribution in [3.8, 4) is 6.01 Å². The lowest BCUT2D eigenvalue weighted by atomic mass is 10.1. The third-order valence-electron chi connectivity index (χ3n) is 3.14. The number of alkyl halides is 1. The molecular weight excluding hydrogens is 238 g/mol. The molecule has 0 N–H and O–H groups in total. The number of hydrogen-bond donors (Lipinski definition) is 0. The van der Waals surface area contributed by atoms with E-state index in [0.29, 0.717) is 11.9 Å². The van der Waals surface area contributed by atoms with E-state index in [4.69, 9.17) is 16.3 Å². The van der Waals surface area contributed by atoms with Crippen LogP contribution in [0.3, 0.4) is 0 Å². The lowest BCUT2D eigenvalue weighted by Crippen LogP contribution is -2.36. The van der Waals surface area contributed by atoms with Crippen LogP contribution in [0.5, 0.6) is 6.01 Å². The fourth-order valence-electron chi connectivity index (χ4n) is 1.91. The van der Waals surface area contributed by atoms with E-state index < -0.39 is 0 Å². The number of halogens is 1. The molecule has 5 heteroatoms. The van der Waals surface area contributed by atoms with Crippen molar-refractivity contribution in [1.82, 2.24) is 14.9 Å². The number of hydrogen-bond acceptors (Lipinski definition) is 4. The Kier molecular flexibility index (Phi) is 4.18. The van der Waals surface area contributed by atoms with E-state index >= 15 is 0 Å². The highest BCUT2D eigenvalue weighted by molar-refractivity contribution is 6.17. The Balaban J connectivity index is 1.97. The van der Waals surface area contributed by atoms with Crippen molar-refractivity contribution in [2.75, 3.05) is 20.1 Å². The summed E-state index contributed by atoms with van der Waals surface area (Å²) in [4.78, 5) is 10.8. The summed E-state index contributed by atoms with van der Waals surface area (Å²) in [5.41, 5.74) is 1.86. The molecule has 2 rings (SSSR count). The van der Waals surface area contributed by atoms with Gasteiger partial charge in [0.25, 0.3) is 0 Å². The fourth-order valence-corrected chi connectivity index (χ4v) is 2.17. The fraction of sp³-hybridized carbons (Fsp3) is 0.667. The normalized spacial score (nSPS) is 18.3. The molecule has 0 aromatic carbocycles. The molecule has 4 nitrogen and oxygen atoms in total. The molecule has 0 aliphatic carbocycles. The molecule has 17 heavy (non-hydrogen) atoms. The summed E-state index contributed by atoms with van der Waals surface area (Å²) in [6, 6.07) is 0.478. The monoisotopic (exact) mass is 255 g/mol. The molecule has 1 aliphatic rings. The van der Waals surface area contributed by atoms with Crippen LogP contribution in [0.15, 0.2) is 6.20 Å². The van der Waals surface area contributed by atoms with E-state index in [2.05, 4.69) is 21.9 Å².